The fourth-order valence-corrected chi connectivity index (χ4v) is 4.93. The van der Waals surface area contributed by atoms with Gasteiger partial charge in [0.1, 0.15) is 0 Å². The SMILES string of the molecule is C1=C2C(C34CCCN3CCC4)CCN2CC1. The van der Waals surface area contributed by atoms with Crippen LogP contribution in [0.2, 0.25) is 0 Å². The summed E-state index contributed by atoms with van der Waals surface area (Å²) in [5.74, 6) is 0.889. The quantitative estimate of drug-likeness (QED) is 0.666. The van der Waals surface area contributed by atoms with E-state index in [1.807, 2.05) is 0 Å². The molecule has 3 fully saturated rings. The summed E-state index contributed by atoms with van der Waals surface area (Å²) >= 11 is 0. The number of hydrogen-bond donors (Lipinski definition) is 0. The summed E-state index contributed by atoms with van der Waals surface area (Å²) in [6.45, 7) is 5.40. The van der Waals surface area contributed by atoms with Crippen molar-refractivity contribution in [2.75, 3.05) is 26.2 Å². The van der Waals surface area contributed by atoms with Gasteiger partial charge in [-0.25, -0.2) is 0 Å². The molecule has 0 aromatic rings. The molecule has 0 amide bonds. The van der Waals surface area contributed by atoms with E-state index in [1.54, 1.807) is 5.70 Å². The molecular formula is C14H22N2. The van der Waals surface area contributed by atoms with Crippen LogP contribution in [0.3, 0.4) is 0 Å². The van der Waals surface area contributed by atoms with Crippen LogP contribution in [-0.2, 0) is 0 Å². The molecular weight excluding hydrogens is 196 g/mol. The van der Waals surface area contributed by atoms with Gasteiger partial charge in [0.15, 0.2) is 0 Å². The summed E-state index contributed by atoms with van der Waals surface area (Å²) in [6, 6.07) is 0. The highest BCUT2D eigenvalue weighted by molar-refractivity contribution is 5.23. The first-order chi connectivity index (χ1) is 7.90. The van der Waals surface area contributed by atoms with Gasteiger partial charge >= 0.3 is 0 Å². The molecule has 88 valence electrons. The maximum Gasteiger partial charge on any atom is 0.0293 e. The Balaban J connectivity index is 1.69. The van der Waals surface area contributed by atoms with Gasteiger partial charge in [0, 0.05) is 30.2 Å². The van der Waals surface area contributed by atoms with Gasteiger partial charge in [-0.3, -0.25) is 4.90 Å². The van der Waals surface area contributed by atoms with Crippen molar-refractivity contribution in [3.63, 3.8) is 0 Å². The molecule has 3 saturated heterocycles. The zero-order valence-electron chi connectivity index (χ0n) is 10.1. The van der Waals surface area contributed by atoms with E-state index in [4.69, 9.17) is 0 Å². The molecule has 0 saturated carbocycles. The molecule has 4 aliphatic heterocycles. The molecule has 0 aromatic heterocycles. The number of rotatable bonds is 1. The first-order valence-electron chi connectivity index (χ1n) is 7.10. The second-order valence-electron chi connectivity index (χ2n) is 6.04. The Kier molecular flexibility index (Phi) is 1.94. The fourth-order valence-electron chi connectivity index (χ4n) is 4.93. The van der Waals surface area contributed by atoms with Crippen LogP contribution in [0.4, 0.5) is 0 Å². The van der Waals surface area contributed by atoms with Crippen LogP contribution >= 0.6 is 0 Å². The zero-order valence-corrected chi connectivity index (χ0v) is 10.1. The smallest absolute Gasteiger partial charge is 0.0293 e. The molecule has 2 nitrogen and oxygen atoms in total. The number of hydrogen-bond acceptors (Lipinski definition) is 2. The Bertz CT molecular complexity index is 324. The highest BCUT2D eigenvalue weighted by atomic mass is 15.3. The molecule has 0 aromatic carbocycles. The minimum Gasteiger partial charge on any atom is -0.374 e. The second-order valence-corrected chi connectivity index (χ2v) is 6.04. The summed E-state index contributed by atoms with van der Waals surface area (Å²) in [7, 11) is 0. The third-order valence-electron chi connectivity index (χ3n) is 5.52. The molecule has 1 atom stereocenters. The van der Waals surface area contributed by atoms with E-state index < -0.39 is 0 Å². The maximum atomic E-state index is 2.83. The van der Waals surface area contributed by atoms with E-state index >= 15 is 0 Å². The lowest BCUT2D eigenvalue weighted by Crippen LogP contribution is -2.45. The predicted molar refractivity (Wildman–Crippen MR) is 65.2 cm³/mol. The van der Waals surface area contributed by atoms with Gasteiger partial charge in [-0.05, 0) is 51.6 Å². The monoisotopic (exact) mass is 218 g/mol. The van der Waals surface area contributed by atoms with Crippen molar-refractivity contribution in [3.05, 3.63) is 11.8 Å². The Labute approximate surface area is 98.3 Å². The van der Waals surface area contributed by atoms with Gasteiger partial charge in [-0.2, -0.15) is 0 Å². The molecule has 16 heavy (non-hydrogen) atoms. The van der Waals surface area contributed by atoms with Crippen LogP contribution in [0.5, 0.6) is 0 Å². The van der Waals surface area contributed by atoms with Crippen molar-refractivity contribution in [1.29, 1.82) is 0 Å². The zero-order chi connectivity index (χ0) is 10.6. The fraction of sp³-hybridized carbons (Fsp3) is 0.857. The number of fused-ring (bicyclic) bond motifs is 2. The lowest BCUT2D eigenvalue weighted by molar-refractivity contribution is 0.137. The van der Waals surface area contributed by atoms with Crippen molar-refractivity contribution in [3.8, 4) is 0 Å². The van der Waals surface area contributed by atoms with Gasteiger partial charge < -0.3 is 4.90 Å². The van der Waals surface area contributed by atoms with Crippen molar-refractivity contribution >= 4 is 0 Å². The molecule has 0 spiro atoms. The third kappa shape index (κ3) is 1.07. The van der Waals surface area contributed by atoms with E-state index in [-0.39, 0.29) is 0 Å². The molecule has 0 aliphatic carbocycles. The summed E-state index contributed by atoms with van der Waals surface area (Å²) in [5, 5.41) is 0. The van der Waals surface area contributed by atoms with Crippen molar-refractivity contribution < 1.29 is 0 Å². The lowest BCUT2D eigenvalue weighted by atomic mass is 9.78. The third-order valence-corrected chi connectivity index (χ3v) is 5.52. The Morgan fingerprint density at radius 3 is 2.69 bits per heavy atom. The normalized spacial score (nSPS) is 36.6. The molecule has 4 heterocycles. The van der Waals surface area contributed by atoms with Crippen LogP contribution in [0.15, 0.2) is 11.8 Å². The lowest BCUT2D eigenvalue weighted by Gasteiger charge is -2.38. The van der Waals surface area contributed by atoms with E-state index in [9.17, 15) is 0 Å². The first kappa shape index (κ1) is 9.52. The highest BCUT2D eigenvalue weighted by Gasteiger charge is 2.53. The van der Waals surface area contributed by atoms with Crippen LogP contribution in [0.1, 0.15) is 38.5 Å². The Morgan fingerprint density at radius 2 is 1.88 bits per heavy atom. The maximum absolute atomic E-state index is 2.83. The van der Waals surface area contributed by atoms with E-state index in [0.29, 0.717) is 5.54 Å². The molecule has 4 rings (SSSR count). The standard InChI is InChI=1S/C14H22N2/c1-4-13-12(5-11-15(13)8-1)14-6-2-9-16(14)10-3-7-14/h4,12H,1-3,5-11H2. The van der Waals surface area contributed by atoms with E-state index in [2.05, 4.69) is 15.9 Å². The van der Waals surface area contributed by atoms with Gasteiger partial charge in [-0.1, -0.05) is 6.08 Å². The van der Waals surface area contributed by atoms with Gasteiger partial charge in [0.05, 0.1) is 0 Å². The Morgan fingerprint density at radius 1 is 1.06 bits per heavy atom. The minimum absolute atomic E-state index is 0.602. The van der Waals surface area contributed by atoms with Crippen LogP contribution in [0, 0.1) is 5.92 Å². The topological polar surface area (TPSA) is 6.48 Å². The molecule has 4 aliphatic rings. The van der Waals surface area contributed by atoms with Gasteiger partial charge in [0.2, 0.25) is 0 Å². The summed E-state index contributed by atoms with van der Waals surface area (Å²) < 4.78 is 0. The largest absolute Gasteiger partial charge is 0.374 e. The molecule has 2 heteroatoms. The minimum atomic E-state index is 0.602. The molecule has 1 unspecified atom stereocenters. The second kappa shape index (κ2) is 3.25. The average Bonchev–Trinajstić information content (AvgIpc) is 2.95. The van der Waals surface area contributed by atoms with Crippen LogP contribution in [0.25, 0.3) is 0 Å². The number of nitrogens with zero attached hydrogens (tertiary/aromatic N) is 2. The average molecular weight is 218 g/mol. The predicted octanol–water partition coefficient (Wildman–Crippen LogP) is 2.22. The van der Waals surface area contributed by atoms with Crippen LogP contribution in [-0.4, -0.2) is 41.5 Å². The van der Waals surface area contributed by atoms with Gasteiger partial charge in [-0.15, -0.1) is 0 Å². The molecule has 0 N–H and O–H groups in total. The van der Waals surface area contributed by atoms with Crippen molar-refractivity contribution in [2.24, 2.45) is 5.92 Å². The van der Waals surface area contributed by atoms with E-state index in [1.165, 1.54) is 64.7 Å². The van der Waals surface area contributed by atoms with Crippen LogP contribution < -0.4 is 0 Å². The van der Waals surface area contributed by atoms with E-state index in [0.717, 1.165) is 5.92 Å². The first-order valence-corrected chi connectivity index (χ1v) is 7.10. The summed E-state index contributed by atoms with van der Waals surface area (Å²) in [4.78, 5) is 5.49. The van der Waals surface area contributed by atoms with Crippen molar-refractivity contribution in [2.45, 2.75) is 44.1 Å². The Hall–Kier alpha value is -0.500. The van der Waals surface area contributed by atoms with Gasteiger partial charge in [0.25, 0.3) is 0 Å². The summed E-state index contributed by atoms with van der Waals surface area (Å²) in [6.07, 6.45) is 11.1. The van der Waals surface area contributed by atoms with Crippen molar-refractivity contribution in [1.82, 2.24) is 9.80 Å². The highest BCUT2D eigenvalue weighted by Crippen LogP contribution is 2.51. The summed E-state index contributed by atoms with van der Waals surface area (Å²) in [5.41, 5.74) is 2.33. The molecule has 0 radical (unpaired) electrons. The molecule has 0 bridgehead atoms.